The zero-order valence-corrected chi connectivity index (χ0v) is 9.18. The van der Waals surface area contributed by atoms with Crippen LogP contribution in [0.3, 0.4) is 0 Å². The van der Waals surface area contributed by atoms with Crippen LogP contribution in [0.5, 0.6) is 0 Å². The van der Waals surface area contributed by atoms with Crippen LogP contribution in [0, 0.1) is 12.8 Å². The SMILES string of the molecule is Cc1cnc(SCC2CCNC2)nc1. The molecule has 2 rings (SSSR count). The maximum atomic E-state index is 4.27. The van der Waals surface area contributed by atoms with Crippen molar-refractivity contribution in [2.75, 3.05) is 18.8 Å². The van der Waals surface area contributed by atoms with Gasteiger partial charge in [0.1, 0.15) is 0 Å². The number of nitrogens with one attached hydrogen (secondary N) is 1. The van der Waals surface area contributed by atoms with Gasteiger partial charge in [-0.2, -0.15) is 0 Å². The molecule has 0 bridgehead atoms. The molecule has 1 aliphatic heterocycles. The average molecular weight is 209 g/mol. The van der Waals surface area contributed by atoms with Gasteiger partial charge in [-0.15, -0.1) is 0 Å². The summed E-state index contributed by atoms with van der Waals surface area (Å²) < 4.78 is 0. The number of thioether (sulfide) groups is 1. The van der Waals surface area contributed by atoms with Crippen molar-refractivity contribution >= 4 is 11.8 Å². The summed E-state index contributed by atoms with van der Waals surface area (Å²) in [7, 11) is 0. The molecule has 0 aromatic carbocycles. The summed E-state index contributed by atoms with van der Waals surface area (Å²) >= 11 is 1.76. The molecule has 0 radical (unpaired) electrons. The molecule has 4 heteroatoms. The molecule has 76 valence electrons. The fraction of sp³-hybridized carbons (Fsp3) is 0.600. The Hall–Kier alpha value is -0.610. The number of aryl methyl sites for hydroxylation is 1. The highest BCUT2D eigenvalue weighted by atomic mass is 32.2. The first-order valence-corrected chi connectivity index (χ1v) is 5.95. The van der Waals surface area contributed by atoms with Crippen molar-refractivity contribution in [3.05, 3.63) is 18.0 Å². The van der Waals surface area contributed by atoms with E-state index in [1.807, 2.05) is 19.3 Å². The standard InChI is InChI=1S/C10H15N3S/c1-8-4-12-10(13-5-8)14-7-9-2-3-11-6-9/h4-5,9,11H,2-3,6-7H2,1H3. The van der Waals surface area contributed by atoms with E-state index in [-0.39, 0.29) is 0 Å². The number of rotatable bonds is 3. The lowest BCUT2D eigenvalue weighted by Crippen LogP contribution is -2.10. The van der Waals surface area contributed by atoms with E-state index in [9.17, 15) is 0 Å². The molecule has 1 atom stereocenters. The molecular weight excluding hydrogens is 194 g/mol. The fourth-order valence-corrected chi connectivity index (χ4v) is 2.43. The van der Waals surface area contributed by atoms with Gasteiger partial charge in [-0.25, -0.2) is 9.97 Å². The summed E-state index contributed by atoms with van der Waals surface area (Å²) in [6.45, 7) is 4.33. The largest absolute Gasteiger partial charge is 0.316 e. The molecule has 1 unspecified atom stereocenters. The zero-order chi connectivity index (χ0) is 9.80. The van der Waals surface area contributed by atoms with Gasteiger partial charge >= 0.3 is 0 Å². The van der Waals surface area contributed by atoms with Gasteiger partial charge in [0, 0.05) is 18.1 Å². The monoisotopic (exact) mass is 209 g/mol. The molecule has 2 heterocycles. The minimum absolute atomic E-state index is 0.796. The molecule has 0 aliphatic carbocycles. The van der Waals surface area contributed by atoms with Crippen LogP contribution in [0.2, 0.25) is 0 Å². The Bertz CT molecular complexity index is 280. The van der Waals surface area contributed by atoms with E-state index in [0.717, 1.165) is 28.9 Å². The topological polar surface area (TPSA) is 37.8 Å². The van der Waals surface area contributed by atoms with Crippen LogP contribution in [0.25, 0.3) is 0 Å². The Morgan fingerprint density at radius 2 is 2.29 bits per heavy atom. The summed E-state index contributed by atoms with van der Waals surface area (Å²) in [5.41, 5.74) is 1.12. The number of hydrogen-bond acceptors (Lipinski definition) is 4. The smallest absolute Gasteiger partial charge is 0.187 e. The van der Waals surface area contributed by atoms with Crippen LogP contribution in [-0.4, -0.2) is 28.8 Å². The third kappa shape index (κ3) is 2.69. The minimum atomic E-state index is 0.796. The van der Waals surface area contributed by atoms with Gasteiger partial charge < -0.3 is 5.32 Å². The normalized spacial score (nSPS) is 21.4. The van der Waals surface area contributed by atoms with Crippen molar-refractivity contribution in [2.45, 2.75) is 18.5 Å². The molecule has 14 heavy (non-hydrogen) atoms. The van der Waals surface area contributed by atoms with E-state index in [0.29, 0.717) is 0 Å². The number of nitrogens with zero attached hydrogens (tertiary/aromatic N) is 2. The predicted molar refractivity (Wildman–Crippen MR) is 58.5 cm³/mol. The Morgan fingerprint density at radius 3 is 2.93 bits per heavy atom. The highest BCUT2D eigenvalue weighted by molar-refractivity contribution is 7.99. The third-order valence-electron chi connectivity index (χ3n) is 2.37. The summed E-state index contributed by atoms with van der Waals surface area (Å²) in [4.78, 5) is 8.54. The van der Waals surface area contributed by atoms with Crippen LogP contribution in [0.1, 0.15) is 12.0 Å². The molecule has 1 aromatic heterocycles. The first kappa shape index (κ1) is 9.93. The Kier molecular flexibility index (Phi) is 3.37. The van der Waals surface area contributed by atoms with Gasteiger partial charge in [0.15, 0.2) is 5.16 Å². The molecule has 0 spiro atoms. The van der Waals surface area contributed by atoms with E-state index in [1.165, 1.54) is 13.0 Å². The maximum absolute atomic E-state index is 4.27. The van der Waals surface area contributed by atoms with Crippen molar-refractivity contribution < 1.29 is 0 Å². The van der Waals surface area contributed by atoms with Crippen molar-refractivity contribution in [3.63, 3.8) is 0 Å². The van der Waals surface area contributed by atoms with Crippen molar-refractivity contribution in [1.29, 1.82) is 0 Å². The summed E-state index contributed by atoms with van der Waals surface area (Å²) in [6, 6.07) is 0. The molecule has 1 aromatic rings. The first-order valence-electron chi connectivity index (χ1n) is 4.97. The molecule has 1 fully saturated rings. The molecule has 1 N–H and O–H groups in total. The van der Waals surface area contributed by atoms with Crippen molar-refractivity contribution in [3.8, 4) is 0 Å². The van der Waals surface area contributed by atoms with Gasteiger partial charge in [0.2, 0.25) is 0 Å². The van der Waals surface area contributed by atoms with Crippen molar-refractivity contribution in [2.24, 2.45) is 5.92 Å². The maximum Gasteiger partial charge on any atom is 0.187 e. The second-order valence-corrected chi connectivity index (χ2v) is 4.70. The molecular formula is C10H15N3S. The summed E-state index contributed by atoms with van der Waals surface area (Å²) in [6.07, 6.45) is 5.04. The lowest BCUT2D eigenvalue weighted by molar-refractivity contribution is 0.661. The number of aromatic nitrogens is 2. The highest BCUT2D eigenvalue weighted by Crippen LogP contribution is 2.19. The van der Waals surface area contributed by atoms with E-state index >= 15 is 0 Å². The summed E-state index contributed by atoms with van der Waals surface area (Å²) in [5, 5.41) is 4.27. The second-order valence-electron chi connectivity index (χ2n) is 3.71. The minimum Gasteiger partial charge on any atom is -0.316 e. The van der Waals surface area contributed by atoms with Crippen LogP contribution < -0.4 is 5.32 Å². The zero-order valence-electron chi connectivity index (χ0n) is 8.36. The first-order chi connectivity index (χ1) is 6.84. The quantitative estimate of drug-likeness (QED) is 0.604. The van der Waals surface area contributed by atoms with Crippen LogP contribution in [-0.2, 0) is 0 Å². The molecule has 0 saturated carbocycles. The van der Waals surface area contributed by atoms with Crippen LogP contribution in [0.4, 0.5) is 0 Å². The Morgan fingerprint density at radius 1 is 1.50 bits per heavy atom. The Labute approximate surface area is 88.7 Å². The van der Waals surface area contributed by atoms with E-state index in [4.69, 9.17) is 0 Å². The van der Waals surface area contributed by atoms with Gasteiger partial charge in [-0.05, 0) is 37.9 Å². The second kappa shape index (κ2) is 4.75. The third-order valence-corrected chi connectivity index (χ3v) is 3.47. The fourth-order valence-electron chi connectivity index (χ4n) is 1.50. The van der Waals surface area contributed by atoms with E-state index in [1.54, 1.807) is 11.8 Å². The van der Waals surface area contributed by atoms with Gasteiger partial charge in [-0.1, -0.05) is 11.8 Å². The van der Waals surface area contributed by atoms with Crippen LogP contribution >= 0.6 is 11.8 Å². The summed E-state index contributed by atoms with van der Waals surface area (Å²) in [5.74, 6) is 1.93. The molecule has 1 saturated heterocycles. The molecule has 3 nitrogen and oxygen atoms in total. The number of hydrogen-bond donors (Lipinski definition) is 1. The van der Waals surface area contributed by atoms with Gasteiger partial charge in [0.25, 0.3) is 0 Å². The van der Waals surface area contributed by atoms with Crippen LogP contribution in [0.15, 0.2) is 17.6 Å². The molecule has 1 aliphatic rings. The van der Waals surface area contributed by atoms with Gasteiger partial charge in [0.05, 0.1) is 0 Å². The van der Waals surface area contributed by atoms with Gasteiger partial charge in [-0.3, -0.25) is 0 Å². The van der Waals surface area contributed by atoms with E-state index < -0.39 is 0 Å². The predicted octanol–water partition coefficient (Wildman–Crippen LogP) is 1.49. The van der Waals surface area contributed by atoms with E-state index in [2.05, 4.69) is 15.3 Å². The lowest BCUT2D eigenvalue weighted by atomic mass is 10.2. The molecule has 0 amide bonds. The highest BCUT2D eigenvalue weighted by Gasteiger charge is 2.14. The lowest BCUT2D eigenvalue weighted by Gasteiger charge is -2.05. The average Bonchev–Trinajstić information content (AvgIpc) is 2.70. The van der Waals surface area contributed by atoms with Crippen molar-refractivity contribution in [1.82, 2.24) is 15.3 Å². The Balaban J connectivity index is 1.82.